The van der Waals surface area contributed by atoms with E-state index in [1.807, 2.05) is 25.3 Å². The molecule has 88 valence electrons. The molecule has 0 saturated heterocycles. The third-order valence-corrected chi connectivity index (χ3v) is 3.31. The SMILES string of the molecule is Cc1ncc(CNc2ncccc2C(N)=S)s1. The Bertz CT molecular complexity index is 536. The van der Waals surface area contributed by atoms with E-state index in [2.05, 4.69) is 15.3 Å². The van der Waals surface area contributed by atoms with Gasteiger partial charge in [-0.1, -0.05) is 12.2 Å². The van der Waals surface area contributed by atoms with Gasteiger partial charge in [0.1, 0.15) is 10.8 Å². The average Bonchev–Trinajstić information content (AvgIpc) is 2.73. The van der Waals surface area contributed by atoms with Gasteiger partial charge in [0.25, 0.3) is 0 Å². The van der Waals surface area contributed by atoms with Gasteiger partial charge in [-0.25, -0.2) is 9.97 Å². The molecular weight excluding hydrogens is 252 g/mol. The first-order valence-electron chi connectivity index (χ1n) is 5.07. The number of aromatic nitrogens is 2. The number of hydrogen-bond donors (Lipinski definition) is 2. The van der Waals surface area contributed by atoms with Gasteiger partial charge >= 0.3 is 0 Å². The van der Waals surface area contributed by atoms with Gasteiger partial charge in [0, 0.05) is 17.3 Å². The lowest BCUT2D eigenvalue weighted by atomic mass is 10.2. The second-order valence-electron chi connectivity index (χ2n) is 3.46. The highest BCUT2D eigenvalue weighted by Crippen LogP contribution is 2.16. The van der Waals surface area contributed by atoms with Crippen molar-refractivity contribution in [2.75, 3.05) is 5.32 Å². The van der Waals surface area contributed by atoms with Crippen molar-refractivity contribution >= 4 is 34.4 Å². The van der Waals surface area contributed by atoms with Gasteiger partial charge in [-0.3, -0.25) is 0 Å². The molecule has 0 aliphatic rings. The summed E-state index contributed by atoms with van der Waals surface area (Å²) >= 11 is 6.63. The van der Waals surface area contributed by atoms with E-state index in [9.17, 15) is 0 Å². The summed E-state index contributed by atoms with van der Waals surface area (Å²) in [6.45, 7) is 2.66. The molecule has 0 saturated carbocycles. The molecule has 17 heavy (non-hydrogen) atoms. The second-order valence-corrected chi connectivity index (χ2v) is 5.22. The van der Waals surface area contributed by atoms with Crippen molar-refractivity contribution in [1.82, 2.24) is 9.97 Å². The minimum absolute atomic E-state index is 0.348. The first-order valence-corrected chi connectivity index (χ1v) is 6.29. The van der Waals surface area contributed by atoms with Crippen LogP contribution < -0.4 is 11.1 Å². The van der Waals surface area contributed by atoms with Crippen molar-refractivity contribution in [3.05, 3.63) is 40.0 Å². The predicted octanol–water partition coefficient (Wildman–Crippen LogP) is 2.09. The van der Waals surface area contributed by atoms with Crippen molar-refractivity contribution in [3.8, 4) is 0 Å². The highest BCUT2D eigenvalue weighted by Gasteiger charge is 2.06. The molecule has 0 radical (unpaired) electrons. The van der Waals surface area contributed by atoms with Crippen LogP contribution in [0.1, 0.15) is 15.4 Å². The number of nitrogens with zero attached hydrogens (tertiary/aromatic N) is 2. The maximum absolute atomic E-state index is 5.63. The Hall–Kier alpha value is -1.53. The summed E-state index contributed by atoms with van der Waals surface area (Å²) in [6, 6.07) is 3.67. The summed E-state index contributed by atoms with van der Waals surface area (Å²) in [6.07, 6.45) is 3.57. The van der Waals surface area contributed by atoms with E-state index >= 15 is 0 Å². The van der Waals surface area contributed by atoms with E-state index in [1.165, 1.54) is 0 Å². The maximum atomic E-state index is 5.63. The Morgan fingerprint density at radius 1 is 1.53 bits per heavy atom. The molecule has 0 atom stereocenters. The van der Waals surface area contributed by atoms with E-state index in [0.29, 0.717) is 17.4 Å². The summed E-state index contributed by atoms with van der Waals surface area (Å²) < 4.78 is 0. The number of anilines is 1. The molecule has 0 aliphatic heterocycles. The quantitative estimate of drug-likeness (QED) is 0.828. The van der Waals surface area contributed by atoms with Gasteiger partial charge in [-0.15, -0.1) is 11.3 Å². The average molecular weight is 264 g/mol. The van der Waals surface area contributed by atoms with Crippen molar-refractivity contribution in [2.45, 2.75) is 13.5 Å². The van der Waals surface area contributed by atoms with Crippen LogP contribution in [0.4, 0.5) is 5.82 Å². The summed E-state index contributed by atoms with van der Waals surface area (Å²) in [5.74, 6) is 0.714. The lowest BCUT2D eigenvalue weighted by Gasteiger charge is -2.08. The Morgan fingerprint density at radius 2 is 2.35 bits per heavy atom. The minimum atomic E-state index is 0.348. The maximum Gasteiger partial charge on any atom is 0.136 e. The smallest absolute Gasteiger partial charge is 0.136 e. The van der Waals surface area contributed by atoms with Crippen molar-refractivity contribution in [2.24, 2.45) is 5.73 Å². The van der Waals surface area contributed by atoms with Crippen LogP contribution >= 0.6 is 23.6 Å². The van der Waals surface area contributed by atoms with Crippen LogP contribution in [0.25, 0.3) is 0 Å². The third kappa shape index (κ3) is 2.98. The molecule has 2 aromatic heterocycles. The molecule has 6 heteroatoms. The number of pyridine rings is 1. The van der Waals surface area contributed by atoms with Crippen molar-refractivity contribution in [1.29, 1.82) is 0 Å². The molecule has 4 nitrogen and oxygen atoms in total. The predicted molar refractivity (Wildman–Crippen MR) is 74.3 cm³/mol. The van der Waals surface area contributed by atoms with Crippen LogP contribution in [0, 0.1) is 6.92 Å². The highest BCUT2D eigenvalue weighted by atomic mass is 32.1. The normalized spacial score (nSPS) is 10.2. The number of thiazole rings is 1. The number of hydrogen-bond acceptors (Lipinski definition) is 5. The van der Waals surface area contributed by atoms with Gasteiger partial charge < -0.3 is 11.1 Å². The van der Waals surface area contributed by atoms with Crippen LogP contribution in [0.5, 0.6) is 0 Å². The monoisotopic (exact) mass is 264 g/mol. The van der Waals surface area contributed by atoms with Gasteiger partial charge in [0.15, 0.2) is 0 Å². The number of rotatable bonds is 4. The molecule has 0 unspecified atom stereocenters. The number of nitrogens with two attached hydrogens (primary N) is 1. The van der Waals surface area contributed by atoms with E-state index in [0.717, 1.165) is 15.4 Å². The summed E-state index contributed by atoms with van der Waals surface area (Å²) in [5.41, 5.74) is 6.40. The summed E-state index contributed by atoms with van der Waals surface area (Å²) in [4.78, 5) is 9.92. The molecular formula is C11H12N4S2. The van der Waals surface area contributed by atoms with Crippen LogP contribution in [-0.4, -0.2) is 15.0 Å². The second kappa shape index (κ2) is 5.20. The lowest BCUT2D eigenvalue weighted by molar-refractivity contribution is 1.12. The molecule has 2 aromatic rings. The van der Waals surface area contributed by atoms with Crippen molar-refractivity contribution in [3.63, 3.8) is 0 Å². The molecule has 0 aromatic carbocycles. The summed E-state index contributed by atoms with van der Waals surface area (Å²) in [5, 5.41) is 4.27. The van der Waals surface area contributed by atoms with Gasteiger partial charge in [-0.05, 0) is 19.1 Å². The largest absolute Gasteiger partial charge is 0.389 e. The van der Waals surface area contributed by atoms with E-state index < -0.39 is 0 Å². The molecule has 0 aliphatic carbocycles. The minimum Gasteiger partial charge on any atom is -0.389 e. The van der Waals surface area contributed by atoms with Crippen LogP contribution in [-0.2, 0) is 6.54 Å². The zero-order chi connectivity index (χ0) is 12.3. The van der Waals surface area contributed by atoms with E-state index in [-0.39, 0.29) is 0 Å². The zero-order valence-corrected chi connectivity index (χ0v) is 10.9. The Balaban J connectivity index is 2.11. The highest BCUT2D eigenvalue weighted by molar-refractivity contribution is 7.80. The molecule has 0 amide bonds. The zero-order valence-electron chi connectivity index (χ0n) is 9.30. The molecule has 2 heterocycles. The first kappa shape index (κ1) is 11.9. The fourth-order valence-electron chi connectivity index (χ4n) is 1.40. The summed E-state index contributed by atoms with van der Waals surface area (Å²) in [7, 11) is 0. The van der Waals surface area contributed by atoms with Crippen LogP contribution in [0.15, 0.2) is 24.5 Å². The molecule has 0 spiro atoms. The third-order valence-electron chi connectivity index (χ3n) is 2.17. The Kier molecular flexibility index (Phi) is 3.65. The van der Waals surface area contributed by atoms with Crippen LogP contribution in [0.2, 0.25) is 0 Å². The fourth-order valence-corrected chi connectivity index (χ4v) is 2.30. The number of nitrogens with one attached hydrogen (secondary N) is 1. The van der Waals surface area contributed by atoms with E-state index in [4.69, 9.17) is 18.0 Å². The number of thiocarbonyl (C=S) groups is 1. The molecule has 3 N–H and O–H groups in total. The Labute approximate surface area is 109 Å². The molecule has 0 fully saturated rings. The number of aryl methyl sites for hydroxylation is 1. The molecule has 0 bridgehead atoms. The fraction of sp³-hybridized carbons (Fsp3) is 0.182. The first-order chi connectivity index (χ1) is 8.16. The van der Waals surface area contributed by atoms with Crippen LogP contribution in [0.3, 0.4) is 0 Å². The van der Waals surface area contributed by atoms with Crippen molar-refractivity contribution < 1.29 is 0 Å². The van der Waals surface area contributed by atoms with Gasteiger partial charge in [0.2, 0.25) is 0 Å². The van der Waals surface area contributed by atoms with Gasteiger partial charge in [0.05, 0.1) is 17.1 Å². The molecule has 2 rings (SSSR count). The standard InChI is InChI=1S/C11H12N4S2/c1-7-14-5-8(17-7)6-15-11-9(10(12)16)3-2-4-13-11/h2-5H,6H2,1H3,(H2,12,16)(H,13,15). The lowest BCUT2D eigenvalue weighted by Crippen LogP contribution is -2.14. The Morgan fingerprint density at radius 3 is 3.00 bits per heavy atom. The topological polar surface area (TPSA) is 63.8 Å². The van der Waals surface area contributed by atoms with E-state index in [1.54, 1.807) is 17.5 Å². The van der Waals surface area contributed by atoms with Gasteiger partial charge in [-0.2, -0.15) is 0 Å².